The van der Waals surface area contributed by atoms with Gasteiger partial charge in [0.05, 0.1) is 0 Å². The topological polar surface area (TPSA) is 38.3 Å². The van der Waals surface area contributed by atoms with Crippen LogP contribution in [0.2, 0.25) is 5.02 Å². The first-order valence-electron chi connectivity index (χ1n) is 6.88. The van der Waals surface area contributed by atoms with Crippen molar-refractivity contribution in [3.63, 3.8) is 0 Å². The summed E-state index contributed by atoms with van der Waals surface area (Å²) < 4.78 is 5.76. The van der Waals surface area contributed by atoms with Crippen LogP contribution in [0.3, 0.4) is 0 Å². The minimum atomic E-state index is -0.536. The lowest BCUT2D eigenvalue weighted by atomic mass is 10.2. The van der Waals surface area contributed by atoms with Gasteiger partial charge in [-0.3, -0.25) is 4.79 Å². The number of carbonyl (C=O) groups is 1. The monoisotopic (exact) mass is 303 g/mol. The first-order valence-corrected chi connectivity index (χ1v) is 7.26. The predicted octanol–water partition coefficient (Wildman–Crippen LogP) is 4.44. The zero-order chi connectivity index (χ0) is 15.2. The Bertz CT molecular complexity index is 628. The van der Waals surface area contributed by atoms with Crippen LogP contribution in [0.1, 0.15) is 18.9 Å². The van der Waals surface area contributed by atoms with Crippen molar-refractivity contribution < 1.29 is 9.53 Å². The van der Waals surface area contributed by atoms with Crippen molar-refractivity contribution in [2.24, 2.45) is 0 Å². The zero-order valence-corrected chi connectivity index (χ0v) is 12.9. The molecule has 21 heavy (non-hydrogen) atoms. The van der Waals surface area contributed by atoms with Gasteiger partial charge in [-0.05, 0) is 49.2 Å². The van der Waals surface area contributed by atoms with Crippen LogP contribution in [0.25, 0.3) is 0 Å². The molecule has 0 fully saturated rings. The van der Waals surface area contributed by atoms with Crippen LogP contribution in [-0.4, -0.2) is 12.0 Å². The second-order valence-corrected chi connectivity index (χ2v) is 5.27. The van der Waals surface area contributed by atoms with Gasteiger partial charge in [-0.1, -0.05) is 36.7 Å². The lowest BCUT2D eigenvalue weighted by molar-refractivity contribution is -0.122. The number of ether oxygens (including phenoxy) is 1. The van der Waals surface area contributed by atoms with Crippen molar-refractivity contribution in [3.05, 3.63) is 59.1 Å². The van der Waals surface area contributed by atoms with Crippen molar-refractivity contribution in [2.75, 3.05) is 5.32 Å². The van der Waals surface area contributed by atoms with Crippen molar-refractivity contribution >= 4 is 23.2 Å². The molecule has 1 amide bonds. The summed E-state index contributed by atoms with van der Waals surface area (Å²) in [7, 11) is 0. The number of hydrogen-bond acceptors (Lipinski definition) is 2. The van der Waals surface area contributed by atoms with Crippen LogP contribution in [-0.2, 0) is 4.79 Å². The zero-order valence-electron chi connectivity index (χ0n) is 12.1. The van der Waals surface area contributed by atoms with Gasteiger partial charge in [-0.2, -0.15) is 0 Å². The molecule has 2 aromatic carbocycles. The number of hydrogen-bond donors (Lipinski definition) is 1. The maximum absolute atomic E-state index is 12.3. The van der Waals surface area contributed by atoms with E-state index in [4.69, 9.17) is 16.3 Å². The third kappa shape index (κ3) is 4.50. The molecule has 1 N–H and O–H groups in total. The molecule has 0 aliphatic carbocycles. The number of anilines is 1. The van der Waals surface area contributed by atoms with Gasteiger partial charge in [0.15, 0.2) is 6.10 Å². The van der Waals surface area contributed by atoms with Crippen LogP contribution in [0, 0.1) is 6.92 Å². The van der Waals surface area contributed by atoms with Crippen LogP contribution < -0.4 is 10.1 Å². The largest absolute Gasteiger partial charge is 0.481 e. The fourth-order valence-electron chi connectivity index (χ4n) is 1.96. The molecule has 2 rings (SSSR count). The van der Waals surface area contributed by atoms with Gasteiger partial charge >= 0.3 is 0 Å². The second-order valence-electron chi connectivity index (χ2n) is 4.83. The summed E-state index contributed by atoms with van der Waals surface area (Å²) in [6, 6.07) is 14.7. The molecule has 0 heterocycles. The Morgan fingerprint density at radius 3 is 2.67 bits per heavy atom. The van der Waals surface area contributed by atoms with E-state index < -0.39 is 6.10 Å². The summed E-state index contributed by atoms with van der Waals surface area (Å²) in [6.45, 7) is 3.90. The predicted molar refractivity (Wildman–Crippen MR) is 86.0 cm³/mol. The van der Waals surface area contributed by atoms with Crippen molar-refractivity contribution in [1.29, 1.82) is 0 Å². The normalized spacial score (nSPS) is 11.8. The average molecular weight is 304 g/mol. The molecule has 1 atom stereocenters. The highest BCUT2D eigenvalue weighted by Gasteiger charge is 2.18. The van der Waals surface area contributed by atoms with Crippen LogP contribution in [0.5, 0.6) is 5.75 Å². The number of amides is 1. The van der Waals surface area contributed by atoms with E-state index in [9.17, 15) is 4.79 Å². The third-order valence-corrected chi connectivity index (χ3v) is 3.26. The average Bonchev–Trinajstić information content (AvgIpc) is 2.44. The minimum absolute atomic E-state index is 0.179. The highest BCUT2D eigenvalue weighted by Crippen LogP contribution is 2.18. The number of aryl methyl sites for hydroxylation is 1. The quantitative estimate of drug-likeness (QED) is 0.886. The highest BCUT2D eigenvalue weighted by atomic mass is 35.5. The van der Waals surface area contributed by atoms with Gasteiger partial charge < -0.3 is 10.1 Å². The molecule has 0 saturated carbocycles. The number of carbonyl (C=O) groups excluding carboxylic acids is 1. The maximum Gasteiger partial charge on any atom is 0.265 e. The molecular weight excluding hydrogens is 286 g/mol. The molecular formula is C17H18ClNO2. The molecule has 110 valence electrons. The molecule has 0 spiro atoms. The Kier molecular flexibility index (Phi) is 5.23. The van der Waals surface area contributed by atoms with Crippen molar-refractivity contribution in [3.8, 4) is 5.75 Å². The van der Waals surface area contributed by atoms with Gasteiger partial charge in [-0.15, -0.1) is 0 Å². The fraction of sp³-hybridized carbons (Fsp3) is 0.235. The SMILES string of the molecule is CC[C@@H](Oc1cccc(C)c1)C(=O)Nc1cccc(Cl)c1. The molecule has 3 nitrogen and oxygen atoms in total. The molecule has 0 aliphatic heterocycles. The van der Waals surface area contributed by atoms with Crippen LogP contribution in [0.15, 0.2) is 48.5 Å². The summed E-state index contributed by atoms with van der Waals surface area (Å²) in [5.41, 5.74) is 1.76. The molecule has 0 saturated heterocycles. The molecule has 2 aromatic rings. The van der Waals surface area contributed by atoms with Crippen molar-refractivity contribution in [1.82, 2.24) is 0 Å². The molecule has 0 unspecified atom stereocenters. The summed E-state index contributed by atoms with van der Waals surface area (Å²) in [5.74, 6) is 0.518. The standard InChI is InChI=1S/C17H18ClNO2/c1-3-16(21-15-9-4-6-12(2)10-15)17(20)19-14-8-5-7-13(18)11-14/h4-11,16H,3H2,1-2H3,(H,19,20)/t16-/m1/s1. The van der Waals surface area contributed by atoms with E-state index in [1.807, 2.05) is 38.1 Å². The van der Waals surface area contributed by atoms with E-state index in [0.717, 1.165) is 5.56 Å². The first-order chi connectivity index (χ1) is 10.1. The Morgan fingerprint density at radius 1 is 1.24 bits per heavy atom. The second kappa shape index (κ2) is 7.14. The molecule has 0 radical (unpaired) electrons. The minimum Gasteiger partial charge on any atom is -0.481 e. The van der Waals surface area contributed by atoms with Gasteiger partial charge in [0.25, 0.3) is 5.91 Å². The number of rotatable bonds is 5. The lowest BCUT2D eigenvalue weighted by Crippen LogP contribution is -2.32. The van der Waals surface area contributed by atoms with E-state index >= 15 is 0 Å². The van der Waals surface area contributed by atoms with E-state index in [1.54, 1.807) is 24.3 Å². The van der Waals surface area contributed by atoms with Crippen LogP contribution in [0.4, 0.5) is 5.69 Å². The van der Waals surface area contributed by atoms with Gasteiger partial charge in [0.1, 0.15) is 5.75 Å². The van der Waals surface area contributed by atoms with E-state index in [2.05, 4.69) is 5.32 Å². The molecule has 0 bridgehead atoms. The lowest BCUT2D eigenvalue weighted by Gasteiger charge is -2.17. The Labute approximate surface area is 129 Å². The fourth-order valence-corrected chi connectivity index (χ4v) is 2.15. The van der Waals surface area contributed by atoms with Gasteiger partial charge in [0.2, 0.25) is 0 Å². The van der Waals surface area contributed by atoms with Crippen LogP contribution >= 0.6 is 11.6 Å². The summed E-state index contributed by atoms with van der Waals surface area (Å²) >= 11 is 5.91. The van der Waals surface area contributed by atoms with E-state index in [1.165, 1.54) is 0 Å². The Hall–Kier alpha value is -2.00. The first kappa shape index (κ1) is 15.4. The van der Waals surface area contributed by atoms with Crippen molar-refractivity contribution in [2.45, 2.75) is 26.4 Å². The highest BCUT2D eigenvalue weighted by molar-refractivity contribution is 6.30. The summed E-state index contributed by atoms with van der Waals surface area (Å²) in [5, 5.41) is 3.40. The third-order valence-electron chi connectivity index (χ3n) is 3.02. The maximum atomic E-state index is 12.3. The summed E-state index contributed by atoms with van der Waals surface area (Å²) in [4.78, 5) is 12.3. The molecule has 0 aromatic heterocycles. The number of benzene rings is 2. The van der Waals surface area contributed by atoms with Gasteiger partial charge in [-0.25, -0.2) is 0 Å². The van der Waals surface area contributed by atoms with Gasteiger partial charge in [0, 0.05) is 10.7 Å². The summed E-state index contributed by atoms with van der Waals surface area (Å²) in [6.07, 6.45) is 0.0474. The Morgan fingerprint density at radius 2 is 2.00 bits per heavy atom. The molecule has 0 aliphatic rings. The van der Waals surface area contributed by atoms with E-state index in [0.29, 0.717) is 22.9 Å². The molecule has 4 heteroatoms. The Balaban J connectivity index is 2.05. The van der Waals surface area contributed by atoms with E-state index in [-0.39, 0.29) is 5.91 Å². The number of nitrogens with one attached hydrogen (secondary N) is 1. The smallest absolute Gasteiger partial charge is 0.265 e. The number of halogens is 1.